The molecule has 1 aliphatic rings. The molecule has 0 N–H and O–H groups in total. The third kappa shape index (κ3) is 3.21. The van der Waals surface area contributed by atoms with Crippen molar-refractivity contribution in [3.8, 4) is 23.5 Å². The third-order valence-corrected chi connectivity index (χ3v) is 4.87. The number of Topliss-reactive ketones (excluding diaryl/α,β-unsaturated/α-hetero) is 1. The molecule has 2 aromatic carbocycles. The first-order valence-electron chi connectivity index (χ1n) is 8.56. The van der Waals surface area contributed by atoms with Crippen LogP contribution in [0.25, 0.3) is 11.1 Å². The first-order valence-corrected chi connectivity index (χ1v) is 8.56. The van der Waals surface area contributed by atoms with Crippen LogP contribution in [0.4, 0.5) is 4.79 Å². The molecular formula is C22H21NO3. The number of fused-ring (bicyclic) bond motifs is 3. The molecular weight excluding hydrogens is 326 g/mol. The van der Waals surface area contributed by atoms with Gasteiger partial charge in [-0.3, -0.25) is 4.79 Å². The lowest BCUT2D eigenvalue weighted by Crippen LogP contribution is -2.42. The molecule has 0 radical (unpaired) electrons. The summed E-state index contributed by atoms with van der Waals surface area (Å²) in [5.74, 6) is 2.27. The minimum absolute atomic E-state index is 0.0110. The average Bonchev–Trinajstić information content (AvgIpc) is 2.97. The standard InChI is InChI=1S/C22H21NO3/c1-4-9-21(15(2)24)23(3)22(25)26-14-20-18-12-7-5-10-16(18)17-11-6-8-13-19(17)20/h1,5-8,10-13,20-21H,9,14H2,2-3H3/t21-/m0/s1. The lowest BCUT2D eigenvalue weighted by Gasteiger charge is -2.25. The largest absolute Gasteiger partial charge is 0.448 e. The molecule has 0 aliphatic heterocycles. The molecule has 0 unspecified atom stereocenters. The van der Waals surface area contributed by atoms with Crippen LogP contribution in [-0.4, -0.2) is 36.5 Å². The SMILES string of the molecule is C#CC[C@@H](C(C)=O)N(C)C(=O)OCC1c2ccccc2-c2ccccc21. The van der Waals surface area contributed by atoms with Crippen molar-refractivity contribution in [2.24, 2.45) is 0 Å². The zero-order chi connectivity index (χ0) is 18.7. The van der Waals surface area contributed by atoms with Gasteiger partial charge in [0, 0.05) is 19.4 Å². The number of benzene rings is 2. The molecule has 1 amide bonds. The number of likely N-dealkylation sites (N-methyl/N-ethyl adjacent to an activating group) is 1. The van der Waals surface area contributed by atoms with E-state index in [1.54, 1.807) is 7.05 Å². The number of ketones is 1. The highest BCUT2D eigenvalue weighted by Gasteiger charge is 2.30. The van der Waals surface area contributed by atoms with Gasteiger partial charge < -0.3 is 9.64 Å². The van der Waals surface area contributed by atoms with Crippen LogP contribution in [0.3, 0.4) is 0 Å². The van der Waals surface area contributed by atoms with Crippen LogP contribution in [0.5, 0.6) is 0 Å². The minimum Gasteiger partial charge on any atom is -0.448 e. The van der Waals surface area contributed by atoms with Crippen LogP contribution >= 0.6 is 0 Å². The Morgan fingerprint density at radius 2 is 1.65 bits per heavy atom. The van der Waals surface area contributed by atoms with Crippen LogP contribution in [0.1, 0.15) is 30.4 Å². The summed E-state index contributed by atoms with van der Waals surface area (Å²) in [5.41, 5.74) is 4.64. The van der Waals surface area contributed by atoms with Crippen LogP contribution in [0, 0.1) is 12.3 Å². The first kappa shape index (κ1) is 17.8. The molecule has 1 atom stereocenters. The number of nitrogens with zero attached hydrogens (tertiary/aromatic N) is 1. The van der Waals surface area contributed by atoms with Gasteiger partial charge in [-0.1, -0.05) is 48.5 Å². The average molecular weight is 347 g/mol. The molecule has 132 valence electrons. The van der Waals surface area contributed by atoms with E-state index in [-0.39, 0.29) is 24.7 Å². The second-order valence-electron chi connectivity index (χ2n) is 6.45. The normalized spacial score (nSPS) is 13.3. The van der Waals surface area contributed by atoms with E-state index in [1.165, 1.54) is 23.0 Å². The maximum atomic E-state index is 12.4. The van der Waals surface area contributed by atoms with Crippen molar-refractivity contribution in [3.63, 3.8) is 0 Å². The molecule has 0 aromatic heterocycles. The topological polar surface area (TPSA) is 46.6 Å². The van der Waals surface area contributed by atoms with Crippen molar-refractivity contribution in [2.75, 3.05) is 13.7 Å². The van der Waals surface area contributed by atoms with E-state index in [9.17, 15) is 9.59 Å². The maximum absolute atomic E-state index is 12.4. The number of carbonyl (C=O) groups is 2. The quantitative estimate of drug-likeness (QED) is 0.772. The van der Waals surface area contributed by atoms with Gasteiger partial charge >= 0.3 is 6.09 Å². The molecule has 0 spiro atoms. The third-order valence-electron chi connectivity index (χ3n) is 4.87. The van der Waals surface area contributed by atoms with E-state index in [2.05, 4.69) is 30.2 Å². The van der Waals surface area contributed by atoms with Gasteiger partial charge in [0.15, 0.2) is 5.78 Å². The van der Waals surface area contributed by atoms with Gasteiger partial charge in [0.25, 0.3) is 0 Å². The Kier molecular flexibility index (Phi) is 5.09. The number of terminal acetylenes is 1. The summed E-state index contributed by atoms with van der Waals surface area (Å²) in [5, 5.41) is 0. The lowest BCUT2D eigenvalue weighted by molar-refractivity contribution is -0.121. The zero-order valence-corrected chi connectivity index (χ0v) is 14.9. The molecule has 1 aliphatic carbocycles. The number of carbonyl (C=O) groups excluding carboxylic acids is 2. The molecule has 0 fully saturated rings. The Hall–Kier alpha value is -3.06. The molecule has 3 rings (SSSR count). The summed E-state index contributed by atoms with van der Waals surface area (Å²) in [7, 11) is 1.54. The zero-order valence-electron chi connectivity index (χ0n) is 14.9. The monoisotopic (exact) mass is 347 g/mol. The van der Waals surface area contributed by atoms with Gasteiger partial charge in [-0.25, -0.2) is 4.79 Å². The predicted molar refractivity (Wildman–Crippen MR) is 101 cm³/mol. The number of rotatable bonds is 5. The van der Waals surface area contributed by atoms with Crippen molar-refractivity contribution in [1.29, 1.82) is 0 Å². The van der Waals surface area contributed by atoms with Crippen molar-refractivity contribution in [2.45, 2.75) is 25.3 Å². The fraction of sp³-hybridized carbons (Fsp3) is 0.273. The molecule has 0 bridgehead atoms. The van der Waals surface area contributed by atoms with Gasteiger partial charge in [0.1, 0.15) is 12.6 Å². The summed E-state index contributed by atoms with van der Waals surface area (Å²) in [4.78, 5) is 25.4. The van der Waals surface area contributed by atoms with Gasteiger partial charge in [-0.15, -0.1) is 12.3 Å². The van der Waals surface area contributed by atoms with Crippen LogP contribution in [-0.2, 0) is 9.53 Å². The summed E-state index contributed by atoms with van der Waals surface area (Å²) >= 11 is 0. The highest BCUT2D eigenvalue weighted by Crippen LogP contribution is 2.44. The predicted octanol–water partition coefficient (Wildman–Crippen LogP) is 3.85. The van der Waals surface area contributed by atoms with E-state index in [4.69, 9.17) is 11.2 Å². The van der Waals surface area contributed by atoms with Crippen LogP contribution in [0.2, 0.25) is 0 Å². The van der Waals surface area contributed by atoms with Crippen molar-refractivity contribution >= 4 is 11.9 Å². The Morgan fingerprint density at radius 3 is 2.15 bits per heavy atom. The van der Waals surface area contributed by atoms with Gasteiger partial charge in [-0.2, -0.15) is 0 Å². The van der Waals surface area contributed by atoms with E-state index < -0.39 is 12.1 Å². The summed E-state index contributed by atoms with van der Waals surface area (Å²) in [6, 6.07) is 15.6. The van der Waals surface area contributed by atoms with E-state index >= 15 is 0 Å². The molecule has 26 heavy (non-hydrogen) atoms. The first-order chi connectivity index (χ1) is 12.5. The second-order valence-corrected chi connectivity index (χ2v) is 6.45. The Bertz CT molecular complexity index is 835. The number of hydrogen-bond donors (Lipinski definition) is 0. The summed E-state index contributed by atoms with van der Waals surface area (Å²) < 4.78 is 5.55. The van der Waals surface area contributed by atoms with E-state index in [0.29, 0.717) is 0 Å². The summed E-state index contributed by atoms with van der Waals surface area (Å²) in [6.45, 7) is 1.65. The second kappa shape index (κ2) is 7.45. The Balaban J connectivity index is 1.77. The molecule has 0 saturated heterocycles. The van der Waals surface area contributed by atoms with Crippen molar-refractivity contribution in [3.05, 3.63) is 59.7 Å². The fourth-order valence-electron chi connectivity index (χ4n) is 3.49. The van der Waals surface area contributed by atoms with Gasteiger partial charge in [0.05, 0.1) is 0 Å². The molecule has 4 heteroatoms. The van der Waals surface area contributed by atoms with Gasteiger partial charge in [-0.05, 0) is 29.2 Å². The maximum Gasteiger partial charge on any atom is 0.410 e. The van der Waals surface area contributed by atoms with Crippen molar-refractivity contribution in [1.82, 2.24) is 4.90 Å². The van der Waals surface area contributed by atoms with Crippen molar-refractivity contribution < 1.29 is 14.3 Å². The smallest absolute Gasteiger partial charge is 0.410 e. The molecule has 0 saturated carbocycles. The van der Waals surface area contributed by atoms with E-state index in [0.717, 1.165) is 11.1 Å². The fourth-order valence-corrected chi connectivity index (χ4v) is 3.49. The number of hydrogen-bond acceptors (Lipinski definition) is 3. The lowest BCUT2D eigenvalue weighted by atomic mass is 9.98. The molecule has 0 heterocycles. The number of ether oxygens (including phenoxy) is 1. The molecule has 4 nitrogen and oxygen atoms in total. The molecule has 2 aromatic rings. The van der Waals surface area contributed by atoms with E-state index in [1.807, 2.05) is 24.3 Å². The Morgan fingerprint density at radius 1 is 1.12 bits per heavy atom. The minimum atomic E-state index is -0.657. The highest BCUT2D eigenvalue weighted by molar-refractivity contribution is 5.85. The Labute approximate surface area is 153 Å². The van der Waals surface area contributed by atoms with Gasteiger partial charge in [0.2, 0.25) is 0 Å². The highest BCUT2D eigenvalue weighted by atomic mass is 16.6. The van der Waals surface area contributed by atoms with Crippen LogP contribution < -0.4 is 0 Å². The summed E-state index contributed by atoms with van der Waals surface area (Å²) in [6.07, 6.45) is 4.94. The number of amides is 1. The van der Waals surface area contributed by atoms with Crippen LogP contribution in [0.15, 0.2) is 48.5 Å².